The minimum atomic E-state index is 0.718. The van der Waals surface area contributed by atoms with E-state index in [2.05, 4.69) is 43.7 Å². The molecule has 17 heavy (non-hydrogen) atoms. The predicted octanol–water partition coefficient (Wildman–Crippen LogP) is 2.51. The zero-order valence-corrected chi connectivity index (χ0v) is 12.3. The molecule has 0 atom stereocenters. The quantitative estimate of drug-likeness (QED) is 0.798. The summed E-state index contributed by atoms with van der Waals surface area (Å²) in [5.41, 5.74) is 1.23. The Morgan fingerprint density at radius 1 is 1.35 bits per heavy atom. The Morgan fingerprint density at radius 2 is 2.06 bits per heavy atom. The van der Waals surface area contributed by atoms with E-state index in [1.807, 2.05) is 6.20 Å². The van der Waals surface area contributed by atoms with Gasteiger partial charge in [0.25, 0.3) is 0 Å². The lowest BCUT2D eigenvalue weighted by molar-refractivity contribution is 0.272. The molecule has 0 unspecified atom stereocenters. The number of hydrogen-bond acceptors (Lipinski definition) is 3. The summed E-state index contributed by atoms with van der Waals surface area (Å²) in [7, 11) is 0. The van der Waals surface area contributed by atoms with E-state index < -0.39 is 0 Å². The molecule has 0 saturated carbocycles. The summed E-state index contributed by atoms with van der Waals surface area (Å²) in [5.74, 6) is 1.83. The molecule has 1 fully saturated rings. The van der Waals surface area contributed by atoms with Crippen LogP contribution < -0.4 is 4.90 Å². The zero-order chi connectivity index (χ0) is 12.3. The van der Waals surface area contributed by atoms with Crippen LogP contribution in [0.1, 0.15) is 5.56 Å². The molecule has 94 valence electrons. The summed E-state index contributed by atoms with van der Waals surface area (Å²) in [6.07, 6.45) is 1.87. The number of halogens is 2. The van der Waals surface area contributed by atoms with Crippen LogP contribution in [0.15, 0.2) is 16.7 Å². The molecule has 1 saturated heterocycles. The lowest BCUT2D eigenvalue weighted by Gasteiger charge is -2.35. The smallest absolute Gasteiger partial charge is 0.131 e. The Balaban J connectivity index is 2.00. The number of rotatable bonds is 3. The molecule has 0 N–H and O–H groups in total. The van der Waals surface area contributed by atoms with Gasteiger partial charge in [0.2, 0.25) is 0 Å². The van der Waals surface area contributed by atoms with Crippen LogP contribution in [-0.2, 0) is 0 Å². The average Bonchev–Trinajstić information content (AvgIpc) is 2.31. The lowest BCUT2D eigenvalue weighted by atomic mass is 10.2. The molecule has 3 nitrogen and oxygen atoms in total. The molecule has 2 heterocycles. The number of alkyl halides is 1. The monoisotopic (exact) mass is 317 g/mol. The van der Waals surface area contributed by atoms with E-state index in [1.54, 1.807) is 0 Å². The van der Waals surface area contributed by atoms with E-state index in [-0.39, 0.29) is 0 Å². The van der Waals surface area contributed by atoms with Crippen molar-refractivity contribution in [1.82, 2.24) is 9.88 Å². The van der Waals surface area contributed by atoms with E-state index in [1.165, 1.54) is 5.56 Å². The first-order valence-corrected chi connectivity index (χ1v) is 7.19. The normalized spacial score (nSPS) is 17.5. The third kappa shape index (κ3) is 3.33. The molecule has 1 aliphatic rings. The van der Waals surface area contributed by atoms with Gasteiger partial charge in [0, 0.05) is 49.3 Å². The van der Waals surface area contributed by atoms with Gasteiger partial charge in [0.05, 0.1) is 0 Å². The predicted molar refractivity (Wildman–Crippen MR) is 76.0 cm³/mol. The van der Waals surface area contributed by atoms with Crippen LogP contribution in [0.5, 0.6) is 0 Å². The van der Waals surface area contributed by atoms with Gasteiger partial charge in [-0.3, -0.25) is 4.90 Å². The van der Waals surface area contributed by atoms with Crippen LogP contribution in [0.2, 0.25) is 0 Å². The van der Waals surface area contributed by atoms with Crippen molar-refractivity contribution < 1.29 is 0 Å². The molecule has 5 heteroatoms. The van der Waals surface area contributed by atoms with Crippen molar-refractivity contribution in [1.29, 1.82) is 0 Å². The van der Waals surface area contributed by atoms with Gasteiger partial charge in [-0.2, -0.15) is 0 Å². The maximum atomic E-state index is 5.76. The summed E-state index contributed by atoms with van der Waals surface area (Å²) in [6.45, 7) is 7.31. The highest BCUT2D eigenvalue weighted by molar-refractivity contribution is 9.10. The summed E-state index contributed by atoms with van der Waals surface area (Å²) >= 11 is 9.20. The molecule has 2 rings (SSSR count). The molecule has 1 aliphatic heterocycles. The minimum Gasteiger partial charge on any atom is -0.354 e. The van der Waals surface area contributed by atoms with Gasteiger partial charge in [0.1, 0.15) is 5.82 Å². The molecule has 0 bridgehead atoms. The molecule has 0 radical (unpaired) electrons. The van der Waals surface area contributed by atoms with E-state index in [9.17, 15) is 0 Å². The van der Waals surface area contributed by atoms with Crippen molar-refractivity contribution in [2.24, 2.45) is 0 Å². The number of pyridine rings is 1. The first-order valence-electron chi connectivity index (χ1n) is 5.86. The fourth-order valence-electron chi connectivity index (χ4n) is 2.17. The highest BCUT2D eigenvalue weighted by Gasteiger charge is 2.18. The molecule has 1 aromatic heterocycles. The standard InChI is InChI=1S/C12H17BrClN3/c1-10-8-11(13)9-15-12(10)17-6-4-16(3-2-14)5-7-17/h8-9H,2-7H2,1H3. The Bertz CT molecular complexity index is 378. The maximum absolute atomic E-state index is 5.76. The fourth-order valence-corrected chi connectivity index (χ4v) is 2.85. The van der Waals surface area contributed by atoms with Crippen molar-refractivity contribution in [3.63, 3.8) is 0 Å². The number of nitrogens with zero attached hydrogens (tertiary/aromatic N) is 3. The average molecular weight is 319 g/mol. The number of aryl methyl sites for hydroxylation is 1. The topological polar surface area (TPSA) is 19.4 Å². The van der Waals surface area contributed by atoms with Crippen molar-refractivity contribution in [3.05, 3.63) is 22.3 Å². The van der Waals surface area contributed by atoms with Crippen LogP contribution in [0.4, 0.5) is 5.82 Å². The van der Waals surface area contributed by atoms with Crippen LogP contribution in [0.25, 0.3) is 0 Å². The van der Waals surface area contributed by atoms with Gasteiger partial charge in [-0.25, -0.2) is 4.98 Å². The second-order valence-corrected chi connectivity index (χ2v) is 5.61. The Labute approximate surface area is 116 Å². The van der Waals surface area contributed by atoms with Crippen molar-refractivity contribution >= 4 is 33.3 Å². The van der Waals surface area contributed by atoms with Gasteiger partial charge < -0.3 is 4.90 Å². The fraction of sp³-hybridized carbons (Fsp3) is 0.583. The summed E-state index contributed by atoms with van der Waals surface area (Å²) < 4.78 is 1.04. The summed E-state index contributed by atoms with van der Waals surface area (Å²) in [5, 5.41) is 0. The van der Waals surface area contributed by atoms with E-state index >= 15 is 0 Å². The SMILES string of the molecule is Cc1cc(Br)cnc1N1CCN(CCCl)CC1. The number of anilines is 1. The van der Waals surface area contributed by atoms with E-state index in [0.717, 1.165) is 48.9 Å². The third-order valence-corrected chi connectivity index (χ3v) is 3.69. The summed E-state index contributed by atoms with van der Waals surface area (Å²) in [6, 6.07) is 2.12. The number of piperazine rings is 1. The van der Waals surface area contributed by atoms with Crippen LogP contribution in [0, 0.1) is 6.92 Å². The van der Waals surface area contributed by atoms with Crippen molar-refractivity contribution in [2.75, 3.05) is 43.5 Å². The van der Waals surface area contributed by atoms with Gasteiger partial charge in [0.15, 0.2) is 0 Å². The number of aromatic nitrogens is 1. The number of hydrogen-bond donors (Lipinski definition) is 0. The van der Waals surface area contributed by atoms with Crippen LogP contribution in [-0.4, -0.2) is 48.5 Å². The van der Waals surface area contributed by atoms with Gasteiger partial charge in [-0.15, -0.1) is 11.6 Å². The molecule has 1 aromatic rings. The van der Waals surface area contributed by atoms with Crippen LogP contribution in [0.3, 0.4) is 0 Å². The second kappa shape index (κ2) is 6.03. The molecule has 0 aromatic carbocycles. The molecule has 0 amide bonds. The minimum absolute atomic E-state index is 0.718. The molecular weight excluding hydrogens is 302 g/mol. The van der Waals surface area contributed by atoms with Crippen molar-refractivity contribution in [2.45, 2.75) is 6.92 Å². The first kappa shape index (κ1) is 13.1. The molecule has 0 aliphatic carbocycles. The van der Waals surface area contributed by atoms with Gasteiger partial charge in [-0.05, 0) is 34.5 Å². The Hall–Kier alpha value is -0.320. The van der Waals surface area contributed by atoms with Crippen LogP contribution >= 0.6 is 27.5 Å². The van der Waals surface area contributed by atoms with Gasteiger partial charge >= 0.3 is 0 Å². The second-order valence-electron chi connectivity index (χ2n) is 4.31. The highest BCUT2D eigenvalue weighted by Crippen LogP contribution is 2.21. The summed E-state index contributed by atoms with van der Waals surface area (Å²) in [4.78, 5) is 9.26. The maximum Gasteiger partial charge on any atom is 0.131 e. The Kier molecular flexibility index (Phi) is 4.65. The van der Waals surface area contributed by atoms with E-state index in [0.29, 0.717) is 0 Å². The zero-order valence-electron chi connectivity index (χ0n) is 9.99. The van der Waals surface area contributed by atoms with Gasteiger partial charge in [-0.1, -0.05) is 0 Å². The van der Waals surface area contributed by atoms with E-state index in [4.69, 9.17) is 11.6 Å². The lowest BCUT2D eigenvalue weighted by Crippen LogP contribution is -2.47. The third-order valence-electron chi connectivity index (χ3n) is 3.09. The first-order chi connectivity index (χ1) is 8.20. The largest absolute Gasteiger partial charge is 0.354 e. The molecule has 0 spiro atoms. The van der Waals surface area contributed by atoms with Crippen molar-refractivity contribution in [3.8, 4) is 0 Å². The molecular formula is C12H17BrClN3. The Morgan fingerprint density at radius 3 is 2.65 bits per heavy atom. The highest BCUT2D eigenvalue weighted by atomic mass is 79.9.